The number of ether oxygens (including phenoxy) is 1. The molecule has 2 aliphatic heterocycles. The van der Waals surface area contributed by atoms with Gasteiger partial charge >= 0.3 is 0 Å². The topological polar surface area (TPSA) is 58.6 Å². The number of halogens is 1. The van der Waals surface area contributed by atoms with E-state index < -0.39 is 0 Å². The second-order valence-electron chi connectivity index (χ2n) is 8.77. The molecule has 6 rings (SSSR count). The van der Waals surface area contributed by atoms with Gasteiger partial charge in [0.15, 0.2) is 0 Å². The van der Waals surface area contributed by atoms with E-state index >= 15 is 0 Å². The van der Waals surface area contributed by atoms with Gasteiger partial charge in [-0.2, -0.15) is 0 Å². The number of aromatic nitrogens is 2. The van der Waals surface area contributed by atoms with Crippen molar-refractivity contribution in [3.63, 3.8) is 0 Å². The van der Waals surface area contributed by atoms with E-state index in [9.17, 15) is 4.79 Å². The Balaban J connectivity index is 1.21. The summed E-state index contributed by atoms with van der Waals surface area (Å²) in [5, 5.41) is 0.647. The normalized spacial score (nSPS) is 19.9. The Hall–Kier alpha value is -3.48. The van der Waals surface area contributed by atoms with Gasteiger partial charge in [-0.15, -0.1) is 0 Å². The summed E-state index contributed by atoms with van der Waals surface area (Å²) in [5.74, 6) is 0.871. The fourth-order valence-corrected chi connectivity index (χ4v) is 5.05. The first-order valence-corrected chi connectivity index (χ1v) is 11.8. The molecular weight excluding hydrogens is 448 g/mol. The Morgan fingerprint density at radius 3 is 2.41 bits per heavy atom. The molecule has 0 spiro atoms. The van der Waals surface area contributed by atoms with Crippen LogP contribution in [0.1, 0.15) is 10.4 Å². The third-order valence-corrected chi connectivity index (χ3v) is 6.66. The molecule has 2 aliphatic rings. The first-order chi connectivity index (χ1) is 16.6. The number of benzene rings is 3. The molecule has 34 heavy (non-hydrogen) atoms. The van der Waals surface area contributed by atoms with Crippen LogP contribution in [0.4, 0.5) is 5.82 Å². The number of hydrogen-bond acceptors (Lipinski definition) is 5. The van der Waals surface area contributed by atoms with E-state index in [0.29, 0.717) is 31.2 Å². The molecule has 2 unspecified atom stereocenters. The van der Waals surface area contributed by atoms with Crippen molar-refractivity contribution in [2.24, 2.45) is 0 Å². The minimum atomic E-state index is -0.0805. The van der Waals surface area contributed by atoms with Crippen LogP contribution in [0.15, 0.2) is 79.0 Å². The zero-order valence-corrected chi connectivity index (χ0v) is 19.2. The number of amides is 1. The summed E-state index contributed by atoms with van der Waals surface area (Å²) in [6, 6.07) is 23.4. The molecule has 3 aromatic carbocycles. The van der Waals surface area contributed by atoms with Crippen LogP contribution in [-0.2, 0) is 4.74 Å². The van der Waals surface area contributed by atoms with E-state index in [1.54, 1.807) is 6.20 Å². The maximum atomic E-state index is 13.6. The van der Waals surface area contributed by atoms with Crippen LogP contribution in [0.25, 0.3) is 22.2 Å². The summed E-state index contributed by atoms with van der Waals surface area (Å²) in [6.07, 6.45) is 1.63. The van der Waals surface area contributed by atoms with Crippen molar-refractivity contribution in [3.8, 4) is 11.1 Å². The molecule has 1 aromatic heterocycles. The summed E-state index contributed by atoms with van der Waals surface area (Å²) < 4.78 is 6.21. The van der Waals surface area contributed by atoms with Crippen molar-refractivity contribution < 1.29 is 9.53 Å². The molecule has 170 valence electrons. The molecule has 0 saturated carbocycles. The van der Waals surface area contributed by atoms with Gasteiger partial charge < -0.3 is 14.5 Å². The number of anilines is 1. The van der Waals surface area contributed by atoms with Crippen molar-refractivity contribution in [1.82, 2.24) is 14.9 Å². The van der Waals surface area contributed by atoms with Gasteiger partial charge in [0.2, 0.25) is 0 Å². The number of nitrogens with zero attached hydrogens (tertiary/aromatic N) is 4. The van der Waals surface area contributed by atoms with Crippen molar-refractivity contribution in [3.05, 3.63) is 89.6 Å². The van der Waals surface area contributed by atoms with Gasteiger partial charge in [-0.25, -0.2) is 4.98 Å². The van der Waals surface area contributed by atoms with Crippen molar-refractivity contribution in [1.29, 1.82) is 0 Å². The Morgan fingerprint density at radius 1 is 0.882 bits per heavy atom. The van der Waals surface area contributed by atoms with Gasteiger partial charge in [0.25, 0.3) is 5.91 Å². The lowest BCUT2D eigenvalue weighted by Crippen LogP contribution is -2.60. The molecule has 2 saturated heterocycles. The van der Waals surface area contributed by atoms with E-state index in [4.69, 9.17) is 21.3 Å². The van der Waals surface area contributed by atoms with Gasteiger partial charge in [-0.05, 0) is 35.4 Å². The van der Waals surface area contributed by atoms with Crippen LogP contribution in [0.2, 0.25) is 5.02 Å². The van der Waals surface area contributed by atoms with Gasteiger partial charge in [-0.1, -0.05) is 60.1 Å². The van der Waals surface area contributed by atoms with Crippen molar-refractivity contribution >= 4 is 34.4 Å². The van der Waals surface area contributed by atoms with E-state index in [-0.39, 0.29) is 18.1 Å². The minimum absolute atomic E-state index is 0.0496. The molecule has 2 fully saturated rings. The number of carbonyl (C=O) groups excluding carboxylic acids is 1. The molecule has 6 nitrogen and oxygen atoms in total. The highest BCUT2D eigenvalue weighted by Gasteiger charge is 2.38. The predicted octanol–water partition coefficient (Wildman–Crippen LogP) is 4.68. The molecule has 1 amide bonds. The molecule has 0 aliphatic carbocycles. The van der Waals surface area contributed by atoms with E-state index in [1.165, 1.54) is 0 Å². The highest BCUT2D eigenvalue weighted by Crippen LogP contribution is 2.28. The molecule has 7 heteroatoms. The van der Waals surface area contributed by atoms with E-state index in [1.807, 2.05) is 77.7 Å². The van der Waals surface area contributed by atoms with Gasteiger partial charge in [0.05, 0.1) is 29.4 Å². The molecule has 0 N–H and O–H groups in total. The quantitative estimate of drug-likeness (QED) is 0.435. The van der Waals surface area contributed by atoms with Crippen LogP contribution in [0, 0.1) is 0 Å². The average Bonchev–Trinajstić information content (AvgIpc) is 2.88. The first-order valence-electron chi connectivity index (χ1n) is 11.4. The highest BCUT2D eigenvalue weighted by molar-refractivity contribution is 6.31. The van der Waals surface area contributed by atoms with Crippen LogP contribution >= 0.6 is 11.6 Å². The molecule has 2 bridgehead atoms. The summed E-state index contributed by atoms with van der Waals surface area (Å²) in [7, 11) is 0. The highest BCUT2D eigenvalue weighted by atomic mass is 35.5. The van der Waals surface area contributed by atoms with Crippen LogP contribution in [-0.4, -0.2) is 59.2 Å². The van der Waals surface area contributed by atoms with Crippen molar-refractivity contribution in [2.75, 3.05) is 31.1 Å². The van der Waals surface area contributed by atoms with E-state index in [0.717, 1.165) is 33.5 Å². The summed E-state index contributed by atoms with van der Waals surface area (Å²) in [4.78, 5) is 27.0. The van der Waals surface area contributed by atoms with Gasteiger partial charge in [0.1, 0.15) is 5.82 Å². The Labute approximate surface area is 202 Å². The Kier molecular flexibility index (Phi) is 5.40. The number of hydrogen-bond donors (Lipinski definition) is 0. The lowest BCUT2D eigenvalue weighted by Gasteiger charge is -2.46. The number of fused-ring (bicyclic) bond motifs is 3. The van der Waals surface area contributed by atoms with Crippen LogP contribution in [0.3, 0.4) is 0 Å². The third-order valence-electron chi connectivity index (χ3n) is 6.43. The second-order valence-corrected chi connectivity index (χ2v) is 9.20. The van der Waals surface area contributed by atoms with Crippen LogP contribution in [0.5, 0.6) is 0 Å². The lowest BCUT2D eigenvalue weighted by molar-refractivity contribution is -0.0847. The fourth-order valence-electron chi connectivity index (χ4n) is 4.88. The lowest BCUT2D eigenvalue weighted by atomic mass is 9.98. The van der Waals surface area contributed by atoms with Crippen molar-refractivity contribution in [2.45, 2.75) is 12.2 Å². The molecular formula is C27H23ClN4O2. The van der Waals surface area contributed by atoms with Gasteiger partial charge in [0, 0.05) is 36.8 Å². The summed E-state index contributed by atoms with van der Waals surface area (Å²) in [6.45, 7) is 2.42. The number of morpholine rings is 2. The third kappa shape index (κ3) is 4.00. The monoisotopic (exact) mass is 470 g/mol. The van der Waals surface area contributed by atoms with Crippen LogP contribution < -0.4 is 4.90 Å². The maximum absolute atomic E-state index is 13.6. The summed E-state index contributed by atoms with van der Waals surface area (Å²) in [5.41, 5.74) is 4.32. The molecule has 3 heterocycles. The average molecular weight is 471 g/mol. The second kappa shape index (κ2) is 8.70. The predicted molar refractivity (Wildman–Crippen MR) is 133 cm³/mol. The number of carbonyl (C=O) groups is 1. The van der Waals surface area contributed by atoms with E-state index in [2.05, 4.69) is 9.88 Å². The minimum Gasteiger partial charge on any atom is -0.368 e. The van der Waals surface area contributed by atoms with Gasteiger partial charge in [-0.3, -0.25) is 9.78 Å². The molecule has 0 radical (unpaired) electrons. The zero-order valence-electron chi connectivity index (χ0n) is 18.5. The smallest absolute Gasteiger partial charge is 0.254 e. The largest absolute Gasteiger partial charge is 0.368 e. The standard InChI is InChI=1S/C27H23ClN4O2/c28-19-10-11-24-25(12-19)29-13-26(30-24)31-14-20-16-32(17-21(15-31)34-20)27(33)23-9-5-4-8-22(23)18-6-2-1-3-7-18/h1-13,20-21H,14-17H2. The zero-order chi connectivity index (χ0) is 23.1. The maximum Gasteiger partial charge on any atom is 0.254 e. The SMILES string of the molecule is O=C(c1ccccc1-c1ccccc1)N1CC2CN(c3cnc4cc(Cl)ccc4n3)CC(C1)O2. The molecule has 2 atom stereocenters. The number of rotatable bonds is 3. The summed E-state index contributed by atoms with van der Waals surface area (Å²) >= 11 is 6.07. The Bertz CT molecular complexity index is 1350. The fraction of sp³-hybridized carbons (Fsp3) is 0.222. The first kappa shape index (κ1) is 21.1. The Morgan fingerprint density at radius 2 is 1.62 bits per heavy atom. The molecule has 4 aromatic rings.